The number of aromatic nitrogens is 2. The Morgan fingerprint density at radius 1 is 1.07 bits per heavy atom. The summed E-state index contributed by atoms with van der Waals surface area (Å²) in [6.07, 6.45) is 1.68. The summed E-state index contributed by atoms with van der Waals surface area (Å²) in [4.78, 5) is 8.10. The summed E-state index contributed by atoms with van der Waals surface area (Å²) in [6.45, 7) is 4.14. The highest BCUT2D eigenvalue weighted by molar-refractivity contribution is 6.28. The zero-order valence-corrected chi connectivity index (χ0v) is 9.42. The van der Waals surface area contributed by atoms with Crippen LogP contribution in [0.25, 0.3) is 11.3 Å². The van der Waals surface area contributed by atoms with Crippen molar-refractivity contribution in [2.24, 2.45) is 0 Å². The molecule has 15 heavy (non-hydrogen) atoms. The van der Waals surface area contributed by atoms with Crippen LogP contribution >= 0.6 is 11.6 Å². The van der Waals surface area contributed by atoms with E-state index in [1.807, 2.05) is 12.1 Å². The number of rotatable bonds is 1. The minimum Gasteiger partial charge on any atom is -0.226 e. The summed E-state index contributed by atoms with van der Waals surface area (Å²) >= 11 is 5.78. The summed E-state index contributed by atoms with van der Waals surface area (Å²) in [5, 5.41) is 0.287. The van der Waals surface area contributed by atoms with E-state index < -0.39 is 0 Å². The summed E-state index contributed by atoms with van der Waals surface area (Å²) in [5.74, 6) is 0. The molecule has 1 aromatic carbocycles. The van der Waals surface area contributed by atoms with E-state index in [0.717, 1.165) is 11.3 Å². The molecule has 0 fully saturated rings. The Morgan fingerprint density at radius 3 is 2.33 bits per heavy atom. The molecule has 1 aromatic heterocycles. The fourth-order valence-electron chi connectivity index (χ4n) is 1.69. The van der Waals surface area contributed by atoms with Gasteiger partial charge in [0.1, 0.15) is 0 Å². The summed E-state index contributed by atoms with van der Waals surface area (Å²) < 4.78 is 0. The van der Waals surface area contributed by atoms with Crippen molar-refractivity contribution < 1.29 is 0 Å². The van der Waals surface area contributed by atoms with Gasteiger partial charge in [-0.15, -0.1) is 0 Å². The Labute approximate surface area is 94.0 Å². The Bertz CT molecular complexity index is 474. The Kier molecular flexibility index (Phi) is 2.69. The normalized spacial score (nSPS) is 10.3. The highest BCUT2D eigenvalue weighted by atomic mass is 35.5. The van der Waals surface area contributed by atoms with E-state index in [-0.39, 0.29) is 5.28 Å². The standard InChI is InChI=1S/C12H11ClN2/c1-8-4-3-5-9(2)11(8)10-6-7-14-12(13)15-10/h3-7H,1-2H3. The third-order valence-electron chi connectivity index (χ3n) is 2.36. The molecule has 0 aliphatic heterocycles. The van der Waals surface area contributed by atoms with E-state index >= 15 is 0 Å². The van der Waals surface area contributed by atoms with Crippen molar-refractivity contribution in [3.63, 3.8) is 0 Å². The number of aryl methyl sites for hydroxylation is 2. The number of benzene rings is 1. The second-order valence-electron chi connectivity index (χ2n) is 3.48. The molecule has 0 amide bonds. The number of hydrogen-bond acceptors (Lipinski definition) is 2. The minimum absolute atomic E-state index is 0.287. The third kappa shape index (κ3) is 2.00. The smallest absolute Gasteiger partial charge is 0.222 e. The van der Waals surface area contributed by atoms with E-state index in [9.17, 15) is 0 Å². The lowest BCUT2D eigenvalue weighted by molar-refractivity contribution is 1.16. The first-order valence-electron chi connectivity index (χ1n) is 4.73. The van der Waals surface area contributed by atoms with Crippen molar-refractivity contribution in [3.8, 4) is 11.3 Å². The molecule has 0 saturated carbocycles. The molecule has 0 aliphatic carbocycles. The maximum Gasteiger partial charge on any atom is 0.222 e. The molecule has 0 saturated heterocycles. The van der Waals surface area contributed by atoms with Gasteiger partial charge in [-0.1, -0.05) is 18.2 Å². The lowest BCUT2D eigenvalue weighted by Gasteiger charge is -2.08. The zero-order valence-electron chi connectivity index (χ0n) is 8.66. The molecule has 0 atom stereocenters. The van der Waals surface area contributed by atoms with E-state index in [1.54, 1.807) is 6.20 Å². The van der Waals surface area contributed by atoms with Crippen LogP contribution in [-0.2, 0) is 0 Å². The van der Waals surface area contributed by atoms with Gasteiger partial charge in [-0.3, -0.25) is 0 Å². The van der Waals surface area contributed by atoms with Gasteiger partial charge in [0, 0.05) is 11.8 Å². The van der Waals surface area contributed by atoms with Crippen LogP contribution in [0.2, 0.25) is 5.28 Å². The van der Waals surface area contributed by atoms with Crippen LogP contribution in [0.15, 0.2) is 30.5 Å². The first-order valence-corrected chi connectivity index (χ1v) is 5.11. The molecule has 2 rings (SSSR count). The fraction of sp³-hybridized carbons (Fsp3) is 0.167. The van der Waals surface area contributed by atoms with Gasteiger partial charge < -0.3 is 0 Å². The van der Waals surface area contributed by atoms with Crippen LogP contribution < -0.4 is 0 Å². The van der Waals surface area contributed by atoms with Crippen molar-refractivity contribution in [2.45, 2.75) is 13.8 Å². The SMILES string of the molecule is Cc1cccc(C)c1-c1ccnc(Cl)n1. The van der Waals surface area contributed by atoms with Gasteiger partial charge in [-0.2, -0.15) is 0 Å². The fourth-order valence-corrected chi connectivity index (χ4v) is 1.84. The average molecular weight is 219 g/mol. The molecule has 1 heterocycles. The summed E-state index contributed by atoms with van der Waals surface area (Å²) in [7, 11) is 0. The molecular weight excluding hydrogens is 208 g/mol. The maximum atomic E-state index is 5.78. The van der Waals surface area contributed by atoms with E-state index in [4.69, 9.17) is 11.6 Å². The largest absolute Gasteiger partial charge is 0.226 e. The highest BCUT2D eigenvalue weighted by Gasteiger charge is 2.06. The molecule has 0 unspecified atom stereocenters. The second-order valence-corrected chi connectivity index (χ2v) is 3.82. The lowest BCUT2D eigenvalue weighted by atomic mass is 10.0. The summed E-state index contributed by atoms with van der Waals surface area (Å²) in [6, 6.07) is 8.05. The predicted octanol–water partition coefficient (Wildman–Crippen LogP) is 3.41. The molecule has 2 aromatic rings. The van der Waals surface area contributed by atoms with E-state index in [1.165, 1.54) is 11.1 Å². The molecule has 0 spiro atoms. The van der Waals surface area contributed by atoms with Gasteiger partial charge in [0.15, 0.2) is 0 Å². The molecule has 3 heteroatoms. The quantitative estimate of drug-likeness (QED) is 0.686. The molecule has 0 radical (unpaired) electrons. The molecule has 0 bridgehead atoms. The third-order valence-corrected chi connectivity index (χ3v) is 2.55. The van der Waals surface area contributed by atoms with Crippen molar-refractivity contribution >= 4 is 11.6 Å². The van der Waals surface area contributed by atoms with Crippen molar-refractivity contribution in [3.05, 3.63) is 46.9 Å². The van der Waals surface area contributed by atoms with Crippen LogP contribution in [0, 0.1) is 13.8 Å². The minimum atomic E-state index is 0.287. The van der Waals surface area contributed by atoms with Crippen LogP contribution in [0.3, 0.4) is 0 Å². The number of nitrogens with zero attached hydrogens (tertiary/aromatic N) is 2. The molecule has 0 aliphatic rings. The van der Waals surface area contributed by atoms with Crippen LogP contribution in [0.5, 0.6) is 0 Å². The zero-order chi connectivity index (χ0) is 10.8. The van der Waals surface area contributed by atoms with Crippen molar-refractivity contribution in [1.29, 1.82) is 0 Å². The van der Waals surface area contributed by atoms with Gasteiger partial charge in [-0.05, 0) is 42.6 Å². The monoisotopic (exact) mass is 218 g/mol. The Morgan fingerprint density at radius 2 is 1.73 bits per heavy atom. The van der Waals surface area contributed by atoms with Crippen LogP contribution in [-0.4, -0.2) is 9.97 Å². The second kappa shape index (κ2) is 3.99. The first-order chi connectivity index (χ1) is 7.18. The van der Waals surface area contributed by atoms with Crippen molar-refractivity contribution in [1.82, 2.24) is 9.97 Å². The highest BCUT2D eigenvalue weighted by Crippen LogP contribution is 2.25. The first kappa shape index (κ1) is 10.1. The lowest BCUT2D eigenvalue weighted by Crippen LogP contribution is -1.92. The number of hydrogen-bond donors (Lipinski definition) is 0. The maximum absolute atomic E-state index is 5.78. The van der Waals surface area contributed by atoms with Gasteiger partial charge in [0.2, 0.25) is 5.28 Å². The summed E-state index contributed by atoms with van der Waals surface area (Å²) in [5.41, 5.74) is 4.42. The molecule has 0 N–H and O–H groups in total. The average Bonchev–Trinajstić information content (AvgIpc) is 2.17. The van der Waals surface area contributed by atoms with Gasteiger partial charge >= 0.3 is 0 Å². The Balaban J connectivity index is 2.63. The molecule has 2 nitrogen and oxygen atoms in total. The van der Waals surface area contributed by atoms with Crippen LogP contribution in [0.1, 0.15) is 11.1 Å². The molecule has 76 valence electrons. The van der Waals surface area contributed by atoms with E-state index in [0.29, 0.717) is 0 Å². The van der Waals surface area contributed by atoms with Gasteiger partial charge in [0.25, 0.3) is 0 Å². The van der Waals surface area contributed by atoms with Crippen LogP contribution in [0.4, 0.5) is 0 Å². The predicted molar refractivity (Wildman–Crippen MR) is 62.0 cm³/mol. The van der Waals surface area contributed by atoms with Gasteiger partial charge in [0.05, 0.1) is 5.69 Å². The topological polar surface area (TPSA) is 25.8 Å². The van der Waals surface area contributed by atoms with E-state index in [2.05, 4.69) is 35.9 Å². The molecular formula is C12H11ClN2. The number of halogens is 1. The van der Waals surface area contributed by atoms with Crippen molar-refractivity contribution in [2.75, 3.05) is 0 Å². The van der Waals surface area contributed by atoms with Gasteiger partial charge in [-0.25, -0.2) is 9.97 Å². The Hall–Kier alpha value is -1.41.